The Hall–Kier alpha value is -3.67. The summed E-state index contributed by atoms with van der Waals surface area (Å²) < 4.78 is 56.6. The fourth-order valence-electron chi connectivity index (χ4n) is 3.49. The number of benzene rings is 4. The van der Waals surface area contributed by atoms with Crippen LogP contribution in [0.3, 0.4) is 0 Å². The first-order chi connectivity index (χ1) is 17.9. The molecular formula is C27H24BrN3O5S2. The Morgan fingerprint density at radius 3 is 1.76 bits per heavy atom. The summed E-state index contributed by atoms with van der Waals surface area (Å²) in [5.41, 5.74) is 3.01. The third-order valence-corrected chi connectivity index (χ3v) is 8.89. The molecule has 196 valence electrons. The molecule has 0 aliphatic carbocycles. The Morgan fingerprint density at radius 2 is 1.18 bits per heavy atom. The zero-order valence-electron chi connectivity index (χ0n) is 20.4. The second-order valence-electron chi connectivity index (χ2n) is 8.54. The van der Waals surface area contributed by atoms with E-state index in [-0.39, 0.29) is 9.79 Å². The zero-order valence-corrected chi connectivity index (χ0v) is 23.6. The Kier molecular flexibility index (Phi) is 7.91. The van der Waals surface area contributed by atoms with E-state index in [2.05, 4.69) is 30.7 Å². The number of sulfonamides is 2. The number of rotatable bonds is 8. The summed E-state index contributed by atoms with van der Waals surface area (Å²) in [6.07, 6.45) is 0. The van der Waals surface area contributed by atoms with E-state index in [0.717, 1.165) is 10.0 Å². The first-order valence-corrected chi connectivity index (χ1v) is 15.1. The maximum Gasteiger partial charge on any atom is 0.261 e. The van der Waals surface area contributed by atoms with Crippen LogP contribution >= 0.6 is 15.9 Å². The summed E-state index contributed by atoms with van der Waals surface area (Å²) in [6, 6.07) is 23.6. The van der Waals surface area contributed by atoms with Gasteiger partial charge in [-0.25, -0.2) is 16.8 Å². The number of nitrogens with one attached hydrogen (secondary N) is 3. The molecule has 3 N–H and O–H groups in total. The molecule has 1 amide bonds. The highest BCUT2D eigenvalue weighted by Gasteiger charge is 2.17. The molecule has 38 heavy (non-hydrogen) atoms. The number of halogens is 1. The van der Waals surface area contributed by atoms with Crippen LogP contribution in [-0.4, -0.2) is 22.7 Å². The van der Waals surface area contributed by atoms with E-state index in [1.54, 1.807) is 49.4 Å². The second kappa shape index (κ2) is 11.0. The molecule has 0 aliphatic heterocycles. The first kappa shape index (κ1) is 27.4. The smallest absolute Gasteiger partial charge is 0.261 e. The largest absolute Gasteiger partial charge is 0.322 e. The molecule has 0 saturated carbocycles. The van der Waals surface area contributed by atoms with Gasteiger partial charge < -0.3 is 5.32 Å². The van der Waals surface area contributed by atoms with Crippen LogP contribution in [0.4, 0.5) is 17.1 Å². The summed E-state index contributed by atoms with van der Waals surface area (Å²) in [4.78, 5) is 13.0. The van der Waals surface area contributed by atoms with Crippen molar-refractivity contribution in [3.05, 3.63) is 112 Å². The van der Waals surface area contributed by atoms with Crippen molar-refractivity contribution in [2.75, 3.05) is 14.8 Å². The molecule has 0 heterocycles. The van der Waals surface area contributed by atoms with Gasteiger partial charge in [0.1, 0.15) is 0 Å². The van der Waals surface area contributed by atoms with Crippen molar-refractivity contribution in [3.8, 4) is 0 Å². The van der Waals surface area contributed by atoms with Gasteiger partial charge in [0.15, 0.2) is 0 Å². The highest BCUT2D eigenvalue weighted by atomic mass is 79.9. The van der Waals surface area contributed by atoms with Crippen LogP contribution in [0, 0.1) is 13.8 Å². The molecule has 0 bridgehead atoms. The van der Waals surface area contributed by atoms with E-state index in [0.29, 0.717) is 28.2 Å². The van der Waals surface area contributed by atoms with E-state index < -0.39 is 26.0 Å². The molecular weight excluding hydrogens is 590 g/mol. The van der Waals surface area contributed by atoms with E-state index in [1.165, 1.54) is 48.5 Å². The van der Waals surface area contributed by atoms with Gasteiger partial charge in [-0.1, -0.05) is 33.6 Å². The van der Waals surface area contributed by atoms with Crippen LogP contribution in [0.5, 0.6) is 0 Å². The lowest BCUT2D eigenvalue weighted by Crippen LogP contribution is -2.16. The minimum Gasteiger partial charge on any atom is -0.322 e. The molecule has 0 atom stereocenters. The fraction of sp³-hybridized carbons (Fsp3) is 0.0741. The Bertz CT molecular complexity index is 1690. The van der Waals surface area contributed by atoms with Crippen molar-refractivity contribution in [1.29, 1.82) is 0 Å². The Balaban J connectivity index is 1.43. The van der Waals surface area contributed by atoms with Crippen LogP contribution in [0.2, 0.25) is 0 Å². The summed E-state index contributed by atoms with van der Waals surface area (Å²) in [5, 5.41) is 2.72. The molecule has 11 heteroatoms. The van der Waals surface area contributed by atoms with E-state index in [4.69, 9.17) is 0 Å². The number of hydrogen-bond donors (Lipinski definition) is 3. The minimum absolute atomic E-state index is 0.0412. The summed E-state index contributed by atoms with van der Waals surface area (Å²) >= 11 is 3.30. The molecule has 0 spiro atoms. The van der Waals surface area contributed by atoms with Crippen LogP contribution in [-0.2, 0) is 20.0 Å². The molecule has 0 saturated heterocycles. The van der Waals surface area contributed by atoms with Gasteiger partial charge in [-0.2, -0.15) is 0 Å². The molecule has 4 rings (SSSR count). The van der Waals surface area contributed by atoms with E-state index in [9.17, 15) is 21.6 Å². The van der Waals surface area contributed by atoms with Crippen molar-refractivity contribution < 1.29 is 21.6 Å². The SMILES string of the molecule is Cc1ccc(S(=O)(=O)Nc2ccc(C(=O)Nc3ccc(S(=O)(=O)Nc4ccc(Br)cc4)cc3)cc2C)cc1. The van der Waals surface area contributed by atoms with Gasteiger partial charge in [-0.05, 0) is 98.3 Å². The Morgan fingerprint density at radius 1 is 0.658 bits per heavy atom. The van der Waals surface area contributed by atoms with Crippen LogP contribution in [0.25, 0.3) is 0 Å². The van der Waals surface area contributed by atoms with Crippen LogP contribution in [0.15, 0.2) is 105 Å². The molecule has 0 unspecified atom stereocenters. The predicted octanol–water partition coefficient (Wildman–Crippen LogP) is 5.92. The average molecular weight is 615 g/mol. The summed E-state index contributed by atoms with van der Waals surface area (Å²) in [5.74, 6) is -0.426. The third-order valence-electron chi connectivity index (χ3n) is 5.58. The summed E-state index contributed by atoms with van der Waals surface area (Å²) in [7, 11) is -7.58. The third kappa shape index (κ3) is 6.60. The van der Waals surface area contributed by atoms with Gasteiger partial charge in [0.05, 0.1) is 15.5 Å². The predicted molar refractivity (Wildman–Crippen MR) is 153 cm³/mol. The van der Waals surface area contributed by atoms with Gasteiger partial charge in [0.25, 0.3) is 26.0 Å². The lowest BCUT2D eigenvalue weighted by molar-refractivity contribution is 0.102. The molecule has 0 radical (unpaired) electrons. The number of carbonyl (C=O) groups is 1. The number of aryl methyl sites for hydroxylation is 2. The monoisotopic (exact) mass is 613 g/mol. The van der Waals surface area contributed by atoms with Gasteiger partial charge in [0, 0.05) is 21.4 Å². The number of amides is 1. The van der Waals surface area contributed by atoms with Crippen LogP contribution in [0.1, 0.15) is 21.5 Å². The molecule has 4 aromatic rings. The second-order valence-corrected chi connectivity index (χ2v) is 12.8. The lowest BCUT2D eigenvalue weighted by atomic mass is 10.1. The molecule has 0 aliphatic rings. The van der Waals surface area contributed by atoms with Gasteiger partial charge in [-0.15, -0.1) is 0 Å². The highest BCUT2D eigenvalue weighted by molar-refractivity contribution is 9.10. The number of anilines is 3. The van der Waals surface area contributed by atoms with Gasteiger partial charge >= 0.3 is 0 Å². The zero-order chi connectivity index (χ0) is 27.5. The molecule has 0 aromatic heterocycles. The van der Waals surface area contributed by atoms with Crippen molar-refractivity contribution >= 4 is 58.9 Å². The lowest BCUT2D eigenvalue weighted by Gasteiger charge is -2.13. The maximum atomic E-state index is 12.8. The first-order valence-electron chi connectivity index (χ1n) is 11.3. The van der Waals surface area contributed by atoms with Crippen molar-refractivity contribution in [1.82, 2.24) is 0 Å². The average Bonchev–Trinajstić information content (AvgIpc) is 2.87. The molecule has 0 fully saturated rings. The topological polar surface area (TPSA) is 121 Å². The van der Waals surface area contributed by atoms with Gasteiger partial charge in [-0.3, -0.25) is 14.2 Å². The van der Waals surface area contributed by atoms with Crippen molar-refractivity contribution in [2.45, 2.75) is 23.6 Å². The van der Waals surface area contributed by atoms with E-state index >= 15 is 0 Å². The quantitative estimate of drug-likeness (QED) is 0.228. The summed E-state index contributed by atoms with van der Waals surface area (Å²) in [6.45, 7) is 3.57. The number of carbonyl (C=O) groups excluding carboxylic acids is 1. The van der Waals surface area contributed by atoms with Crippen molar-refractivity contribution in [2.24, 2.45) is 0 Å². The fourth-order valence-corrected chi connectivity index (χ4v) is 5.95. The maximum absolute atomic E-state index is 12.8. The van der Waals surface area contributed by atoms with Gasteiger partial charge in [0.2, 0.25) is 0 Å². The van der Waals surface area contributed by atoms with E-state index in [1.807, 2.05) is 6.92 Å². The standard InChI is InChI=1S/C27H24BrN3O5S2/c1-18-3-12-24(13-4-18)38(35,36)31-26-16-5-20(17-19(26)2)27(32)29-22-10-14-25(15-11-22)37(33,34)30-23-8-6-21(28)7-9-23/h3-17,30-31H,1-2H3,(H,29,32). The highest BCUT2D eigenvalue weighted by Crippen LogP contribution is 2.23. The molecule has 4 aromatic carbocycles. The molecule has 8 nitrogen and oxygen atoms in total. The van der Waals surface area contributed by atoms with Crippen LogP contribution < -0.4 is 14.8 Å². The minimum atomic E-state index is -3.81. The Labute approximate surface area is 230 Å². The normalized spacial score (nSPS) is 11.6. The van der Waals surface area contributed by atoms with Crippen molar-refractivity contribution in [3.63, 3.8) is 0 Å². The number of hydrogen-bond acceptors (Lipinski definition) is 5.